The molecule has 0 amide bonds. The van der Waals surface area contributed by atoms with Gasteiger partial charge in [-0.05, 0) is 13.0 Å². The van der Waals surface area contributed by atoms with E-state index in [1.54, 1.807) is 24.2 Å². The minimum atomic E-state index is -4.52. The topological polar surface area (TPSA) is 49.0 Å². The van der Waals surface area contributed by atoms with Gasteiger partial charge in [0.15, 0.2) is 0 Å². The van der Waals surface area contributed by atoms with E-state index in [0.29, 0.717) is 19.2 Å². The number of ether oxygens (including phenoxy) is 1. The molecule has 0 atom stereocenters. The Kier molecular flexibility index (Phi) is 4.70. The molecule has 0 aliphatic rings. The Labute approximate surface area is 125 Å². The van der Waals surface area contributed by atoms with Gasteiger partial charge in [0.1, 0.15) is 0 Å². The fourth-order valence-electron chi connectivity index (χ4n) is 2.13. The zero-order chi connectivity index (χ0) is 16.3. The quantitative estimate of drug-likeness (QED) is 0.849. The van der Waals surface area contributed by atoms with Crippen LogP contribution in [0.15, 0.2) is 29.5 Å². The fraction of sp³-hybridized carbons (Fsp3) is 0.429. The molecule has 0 spiro atoms. The van der Waals surface area contributed by atoms with Crippen molar-refractivity contribution in [2.45, 2.75) is 26.2 Å². The van der Waals surface area contributed by atoms with Crippen LogP contribution in [0.3, 0.4) is 0 Å². The number of nitrogens with zero attached hydrogens (tertiary/aromatic N) is 3. The summed E-state index contributed by atoms with van der Waals surface area (Å²) >= 11 is 0. The molecule has 0 N–H and O–H groups in total. The molecular weight excluding hydrogens is 299 g/mol. The van der Waals surface area contributed by atoms with Crippen LogP contribution in [0.5, 0.6) is 0 Å². The second-order valence-corrected chi connectivity index (χ2v) is 4.88. The van der Waals surface area contributed by atoms with Gasteiger partial charge in [0.05, 0.1) is 30.7 Å². The van der Waals surface area contributed by atoms with Crippen LogP contribution in [0.25, 0.3) is 0 Å². The Balaban J connectivity index is 2.31. The molecule has 0 bridgehead atoms. The first-order valence-electron chi connectivity index (χ1n) is 6.59. The lowest BCUT2D eigenvalue weighted by Crippen LogP contribution is -2.26. The van der Waals surface area contributed by atoms with Gasteiger partial charge in [-0.3, -0.25) is 4.79 Å². The highest BCUT2D eigenvalue weighted by Gasteiger charge is 2.31. The summed E-state index contributed by atoms with van der Waals surface area (Å²) in [6, 6.07) is 1.58. The molecular formula is C14H16F3N3O2. The smallest absolute Gasteiger partial charge is 0.383 e. The Morgan fingerprint density at radius 1 is 1.32 bits per heavy atom. The summed E-state index contributed by atoms with van der Waals surface area (Å²) in [5.74, 6) is 0. The lowest BCUT2D eigenvalue weighted by atomic mass is 10.2. The van der Waals surface area contributed by atoms with Gasteiger partial charge in [-0.2, -0.15) is 13.2 Å². The molecule has 120 valence electrons. The summed E-state index contributed by atoms with van der Waals surface area (Å²) in [5.41, 5.74) is -0.646. The number of hydrogen-bond acceptors (Lipinski definition) is 3. The van der Waals surface area contributed by atoms with E-state index in [2.05, 4.69) is 4.98 Å². The van der Waals surface area contributed by atoms with Crippen LogP contribution in [-0.2, 0) is 24.0 Å². The molecule has 0 saturated carbocycles. The number of imidazole rings is 1. The Bertz CT molecular complexity index is 704. The van der Waals surface area contributed by atoms with Crippen LogP contribution < -0.4 is 5.56 Å². The molecule has 2 aromatic heterocycles. The predicted octanol–water partition coefficient (Wildman–Crippen LogP) is 2.07. The van der Waals surface area contributed by atoms with Crippen molar-refractivity contribution in [2.24, 2.45) is 0 Å². The van der Waals surface area contributed by atoms with Gasteiger partial charge in [0.2, 0.25) is 0 Å². The van der Waals surface area contributed by atoms with Crippen molar-refractivity contribution in [2.75, 3.05) is 13.7 Å². The SMILES string of the molecule is COCCn1cncc1Cn1c(C)cc(C(F)(F)F)cc1=O. The van der Waals surface area contributed by atoms with Gasteiger partial charge < -0.3 is 13.9 Å². The second kappa shape index (κ2) is 6.35. The average molecular weight is 315 g/mol. The molecule has 0 radical (unpaired) electrons. The summed E-state index contributed by atoms with van der Waals surface area (Å²) in [7, 11) is 1.57. The lowest BCUT2D eigenvalue weighted by molar-refractivity contribution is -0.137. The third kappa shape index (κ3) is 3.56. The molecule has 0 fully saturated rings. The first-order valence-corrected chi connectivity index (χ1v) is 6.59. The highest BCUT2D eigenvalue weighted by Crippen LogP contribution is 2.28. The zero-order valence-electron chi connectivity index (χ0n) is 12.2. The van der Waals surface area contributed by atoms with E-state index >= 15 is 0 Å². The first-order chi connectivity index (χ1) is 10.3. The normalized spacial score (nSPS) is 11.9. The first kappa shape index (κ1) is 16.3. The van der Waals surface area contributed by atoms with E-state index in [1.165, 1.54) is 11.5 Å². The van der Waals surface area contributed by atoms with Crippen LogP contribution >= 0.6 is 0 Å². The Hall–Kier alpha value is -2.09. The van der Waals surface area contributed by atoms with Crippen LogP contribution in [0.4, 0.5) is 13.2 Å². The van der Waals surface area contributed by atoms with E-state index in [0.717, 1.165) is 11.8 Å². The largest absolute Gasteiger partial charge is 0.416 e. The molecule has 2 rings (SSSR count). The fourth-order valence-corrected chi connectivity index (χ4v) is 2.13. The maximum absolute atomic E-state index is 12.7. The molecule has 2 heterocycles. The van der Waals surface area contributed by atoms with E-state index in [4.69, 9.17) is 4.74 Å². The molecule has 0 aromatic carbocycles. The summed E-state index contributed by atoms with van der Waals surface area (Å²) in [6.07, 6.45) is -1.35. The predicted molar refractivity (Wildman–Crippen MR) is 73.6 cm³/mol. The monoisotopic (exact) mass is 315 g/mol. The molecule has 0 saturated heterocycles. The van der Waals surface area contributed by atoms with E-state index in [1.807, 2.05) is 0 Å². The Morgan fingerprint density at radius 2 is 2.05 bits per heavy atom. The number of rotatable bonds is 5. The third-order valence-corrected chi connectivity index (χ3v) is 3.32. The molecule has 8 heteroatoms. The molecule has 5 nitrogen and oxygen atoms in total. The van der Waals surface area contributed by atoms with Gasteiger partial charge in [-0.1, -0.05) is 0 Å². The number of methoxy groups -OCH3 is 1. The van der Waals surface area contributed by atoms with Crippen molar-refractivity contribution >= 4 is 0 Å². The number of halogens is 3. The maximum atomic E-state index is 12.7. The third-order valence-electron chi connectivity index (χ3n) is 3.32. The van der Waals surface area contributed by atoms with Crippen LogP contribution in [-0.4, -0.2) is 27.8 Å². The summed E-state index contributed by atoms with van der Waals surface area (Å²) in [4.78, 5) is 16.0. The van der Waals surface area contributed by atoms with Gasteiger partial charge in [-0.25, -0.2) is 4.98 Å². The van der Waals surface area contributed by atoms with Crippen molar-refractivity contribution in [3.05, 3.63) is 52.0 Å². The van der Waals surface area contributed by atoms with E-state index in [-0.39, 0.29) is 12.2 Å². The minimum Gasteiger partial charge on any atom is -0.383 e. The van der Waals surface area contributed by atoms with Crippen molar-refractivity contribution in [1.82, 2.24) is 14.1 Å². The number of hydrogen-bond donors (Lipinski definition) is 0. The van der Waals surface area contributed by atoms with Crippen LogP contribution in [0, 0.1) is 6.92 Å². The molecule has 0 aliphatic carbocycles. The number of alkyl halides is 3. The summed E-state index contributed by atoms with van der Waals surface area (Å²) in [6.45, 7) is 2.67. The molecule has 0 aliphatic heterocycles. The average Bonchev–Trinajstić information content (AvgIpc) is 2.86. The summed E-state index contributed by atoms with van der Waals surface area (Å²) < 4.78 is 46.1. The number of pyridine rings is 1. The molecule has 2 aromatic rings. The standard InChI is InChI=1S/C14H16F3N3O2/c1-10-5-11(14(15,16)17)6-13(21)20(10)8-12-7-18-9-19(12)3-4-22-2/h5-7,9H,3-4,8H2,1-2H3. The lowest BCUT2D eigenvalue weighted by Gasteiger charge is -2.14. The van der Waals surface area contributed by atoms with Crippen LogP contribution in [0.2, 0.25) is 0 Å². The number of aryl methyl sites for hydroxylation is 1. The van der Waals surface area contributed by atoms with Crippen molar-refractivity contribution in [1.29, 1.82) is 0 Å². The highest BCUT2D eigenvalue weighted by atomic mass is 19.4. The van der Waals surface area contributed by atoms with Crippen molar-refractivity contribution in [3.8, 4) is 0 Å². The number of aromatic nitrogens is 3. The van der Waals surface area contributed by atoms with Crippen LogP contribution in [0.1, 0.15) is 17.0 Å². The maximum Gasteiger partial charge on any atom is 0.416 e. The molecule has 22 heavy (non-hydrogen) atoms. The van der Waals surface area contributed by atoms with E-state index < -0.39 is 17.3 Å². The highest BCUT2D eigenvalue weighted by molar-refractivity contribution is 5.21. The zero-order valence-corrected chi connectivity index (χ0v) is 12.2. The molecule has 0 unspecified atom stereocenters. The van der Waals surface area contributed by atoms with Gasteiger partial charge >= 0.3 is 6.18 Å². The van der Waals surface area contributed by atoms with Crippen molar-refractivity contribution in [3.63, 3.8) is 0 Å². The van der Waals surface area contributed by atoms with Gasteiger partial charge in [-0.15, -0.1) is 0 Å². The second-order valence-electron chi connectivity index (χ2n) is 4.88. The Morgan fingerprint density at radius 3 is 2.64 bits per heavy atom. The van der Waals surface area contributed by atoms with Gasteiger partial charge in [0.25, 0.3) is 5.56 Å². The van der Waals surface area contributed by atoms with Gasteiger partial charge in [0, 0.05) is 31.6 Å². The minimum absolute atomic E-state index is 0.159. The van der Waals surface area contributed by atoms with Crippen molar-refractivity contribution < 1.29 is 17.9 Å². The summed E-state index contributed by atoms with van der Waals surface area (Å²) in [5, 5.41) is 0. The van der Waals surface area contributed by atoms with E-state index in [9.17, 15) is 18.0 Å².